The van der Waals surface area contributed by atoms with Gasteiger partial charge in [-0.25, -0.2) is 5.43 Å². The SMILES string of the molecule is Cc1cc(C(=O)N/N=C/c2ccc(COCc3ccc(OC(F)(F)F)cc3)c3ccccc23)ccc1O. The summed E-state index contributed by atoms with van der Waals surface area (Å²) in [6, 6.07) is 21.5. The van der Waals surface area contributed by atoms with E-state index in [9.17, 15) is 23.1 Å². The molecule has 0 aliphatic rings. The molecule has 0 heterocycles. The molecule has 0 saturated heterocycles. The van der Waals surface area contributed by atoms with E-state index in [1.807, 2.05) is 36.4 Å². The van der Waals surface area contributed by atoms with Crippen molar-refractivity contribution >= 4 is 22.9 Å². The summed E-state index contributed by atoms with van der Waals surface area (Å²) in [6.45, 7) is 2.21. The van der Waals surface area contributed by atoms with Gasteiger partial charge in [-0.1, -0.05) is 48.5 Å². The van der Waals surface area contributed by atoms with Gasteiger partial charge in [0.25, 0.3) is 5.91 Å². The van der Waals surface area contributed by atoms with Gasteiger partial charge in [0, 0.05) is 11.1 Å². The van der Waals surface area contributed by atoms with Gasteiger partial charge < -0.3 is 14.6 Å². The van der Waals surface area contributed by atoms with Crippen LogP contribution in [0.15, 0.2) is 84.0 Å². The van der Waals surface area contributed by atoms with Gasteiger partial charge in [-0.3, -0.25) is 4.79 Å². The van der Waals surface area contributed by atoms with Gasteiger partial charge in [0.15, 0.2) is 0 Å². The molecule has 0 radical (unpaired) electrons. The maximum Gasteiger partial charge on any atom is 0.573 e. The average Bonchev–Trinajstić information content (AvgIpc) is 2.86. The number of halogens is 3. The standard InChI is InChI=1S/C28H23F3N2O4/c1-18-14-20(10-13-26(18)34)27(35)33-32-15-21-8-9-22(25-5-3-2-4-24(21)25)17-36-16-19-6-11-23(12-7-19)37-28(29,30)31/h2-15,34H,16-17H2,1H3,(H,33,35)/b32-15+. The number of aryl methyl sites for hydroxylation is 1. The number of fused-ring (bicyclic) bond motifs is 1. The summed E-state index contributed by atoms with van der Waals surface area (Å²) in [5.74, 6) is -0.565. The maximum atomic E-state index is 12.4. The van der Waals surface area contributed by atoms with Crippen molar-refractivity contribution in [1.82, 2.24) is 5.43 Å². The van der Waals surface area contributed by atoms with E-state index < -0.39 is 12.3 Å². The second-order valence-electron chi connectivity index (χ2n) is 8.24. The number of phenolic OH excluding ortho intramolecular Hbond substituents is 1. The van der Waals surface area contributed by atoms with E-state index in [4.69, 9.17) is 4.74 Å². The Labute approximate surface area is 211 Å². The van der Waals surface area contributed by atoms with Gasteiger partial charge in [-0.05, 0) is 64.7 Å². The summed E-state index contributed by atoms with van der Waals surface area (Å²) in [6.07, 6.45) is -3.17. The molecule has 0 aliphatic heterocycles. The van der Waals surface area contributed by atoms with Gasteiger partial charge in [0.05, 0.1) is 19.4 Å². The molecule has 4 rings (SSSR count). The molecule has 0 unspecified atom stereocenters. The van der Waals surface area contributed by atoms with Crippen molar-refractivity contribution in [3.8, 4) is 11.5 Å². The molecule has 37 heavy (non-hydrogen) atoms. The number of aromatic hydroxyl groups is 1. The largest absolute Gasteiger partial charge is 0.573 e. The Hall–Kier alpha value is -4.37. The van der Waals surface area contributed by atoms with Crippen molar-refractivity contribution in [3.05, 3.63) is 107 Å². The third kappa shape index (κ3) is 6.86. The predicted molar refractivity (Wildman–Crippen MR) is 133 cm³/mol. The lowest BCUT2D eigenvalue weighted by Crippen LogP contribution is -2.17. The number of alkyl halides is 3. The minimum Gasteiger partial charge on any atom is -0.508 e. The minimum absolute atomic E-state index is 0.115. The first-order chi connectivity index (χ1) is 17.7. The summed E-state index contributed by atoms with van der Waals surface area (Å²) in [5.41, 5.74) is 5.90. The predicted octanol–water partition coefficient (Wildman–Crippen LogP) is 6.23. The molecular formula is C28H23F3N2O4. The van der Waals surface area contributed by atoms with E-state index in [2.05, 4.69) is 15.3 Å². The fourth-order valence-corrected chi connectivity index (χ4v) is 3.71. The Kier molecular flexibility index (Phi) is 7.74. The number of hydrogen-bond acceptors (Lipinski definition) is 5. The minimum atomic E-state index is -4.73. The Morgan fingerprint density at radius 1 is 0.973 bits per heavy atom. The van der Waals surface area contributed by atoms with Gasteiger partial charge in [0.2, 0.25) is 0 Å². The number of hydrogen-bond donors (Lipinski definition) is 2. The number of nitrogens with one attached hydrogen (secondary N) is 1. The lowest BCUT2D eigenvalue weighted by molar-refractivity contribution is -0.274. The Balaban J connectivity index is 1.40. The highest BCUT2D eigenvalue weighted by Crippen LogP contribution is 2.25. The second-order valence-corrected chi connectivity index (χ2v) is 8.24. The number of nitrogens with zero attached hydrogens (tertiary/aromatic N) is 1. The van der Waals surface area contributed by atoms with Crippen LogP contribution in [0.3, 0.4) is 0 Å². The molecular weight excluding hydrogens is 485 g/mol. The van der Waals surface area contributed by atoms with E-state index >= 15 is 0 Å². The molecule has 4 aromatic carbocycles. The van der Waals surface area contributed by atoms with Crippen molar-refractivity contribution in [1.29, 1.82) is 0 Å². The topological polar surface area (TPSA) is 80.2 Å². The van der Waals surface area contributed by atoms with Crippen molar-refractivity contribution in [2.75, 3.05) is 0 Å². The van der Waals surface area contributed by atoms with Crippen LogP contribution < -0.4 is 10.2 Å². The number of carbonyl (C=O) groups excluding carboxylic acids is 1. The van der Waals surface area contributed by atoms with Crippen LogP contribution in [0.1, 0.15) is 32.6 Å². The number of hydrazone groups is 1. The van der Waals surface area contributed by atoms with Gasteiger partial charge in [-0.2, -0.15) is 5.10 Å². The Bertz CT molecular complexity index is 1430. The van der Waals surface area contributed by atoms with E-state index in [0.29, 0.717) is 16.7 Å². The van der Waals surface area contributed by atoms with Gasteiger partial charge >= 0.3 is 6.36 Å². The van der Waals surface area contributed by atoms with Crippen LogP contribution in [-0.4, -0.2) is 23.6 Å². The first kappa shape index (κ1) is 25.7. The highest BCUT2D eigenvalue weighted by atomic mass is 19.4. The van der Waals surface area contributed by atoms with Crippen LogP contribution in [-0.2, 0) is 18.0 Å². The quantitative estimate of drug-likeness (QED) is 0.218. The first-order valence-electron chi connectivity index (χ1n) is 11.3. The summed E-state index contributed by atoms with van der Waals surface area (Å²) >= 11 is 0. The van der Waals surface area contributed by atoms with Crippen LogP contribution in [0.25, 0.3) is 10.8 Å². The molecule has 190 valence electrons. The molecule has 2 N–H and O–H groups in total. The molecule has 0 bridgehead atoms. The smallest absolute Gasteiger partial charge is 0.508 e. The number of ether oxygens (including phenoxy) is 2. The molecule has 0 aliphatic carbocycles. The monoisotopic (exact) mass is 508 g/mol. The van der Waals surface area contributed by atoms with Gasteiger partial charge in [0.1, 0.15) is 11.5 Å². The zero-order valence-corrected chi connectivity index (χ0v) is 19.8. The van der Waals surface area contributed by atoms with Crippen LogP contribution in [0.5, 0.6) is 11.5 Å². The summed E-state index contributed by atoms with van der Waals surface area (Å²) in [4.78, 5) is 12.4. The zero-order chi connectivity index (χ0) is 26.4. The maximum absolute atomic E-state index is 12.4. The van der Waals surface area contributed by atoms with E-state index in [1.54, 1.807) is 19.2 Å². The van der Waals surface area contributed by atoms with Gasteiger partial charge in [-0.15, -0.1) is 13.2 Å². The van der Waals surface area contributed by atoms with Crippen molar-refractivity contribution in [2.24, 2.45) is 5.10 Å². The summed E-state index contributed by atoms with van der Waals surface area (Å²) in [7, 11) is 0. The molecule has 9 heteroatoms. The van der Waals surface area contributed by atoms with Crippen molar-refractivity contribution < 1.29 is 32.5 Å². The van der Waals surface area contributed by atoms with E-state index in [1.165, 1.54) is 36.4 Å². The molecule has 0 spiro atoms. The zero-order valence-electron chi connectivity index (χ0n) is 19.8. The lowest BCUT2D eigenvalue weighted by Gasteiger charge is -2.11. The summed E-state index contributed by atoms with van der Waals surface area (Å²) < 4.78 is 46.6. The molecule has 4 aromatic rings. The van der Waals surface area contributed by atoms with Crippen LogP contribution >= 0.6 is 0 Å². The Morgan fingerprint density at radius 3 is 2.41 bits per heavy atom. The fraction of sp³-hybridized carbons (Fsp3) is 0.143. The van der Waals surface area contributed by atoms with Crippen molar-refractivity contribution in [2.45, 2.75) is 26.5 Å². The molecule has 1 amide bonds. The normalized spacial score (nSPS) is 11.7. The highest BCUT2D eigenvalue weighted by molar-refractivity contribution is 6.02. The fourth-order valence-electron chi connectivity index (χ4n) is 3.71. The number of amides is 1. The van der Waals surface area contributed by atoms with Crippen LogP contribution in [0.2, 0.25) is 0 Å². The van der Waals surface area contributed by atoms with Crippen LogP contribution in [0, 0.1) is 6.92 Å². The first-order valence-corrected chi connectivity index (χ1v) is 11.3. The molecule has 0 aromatic heterocycles. The Morgan fingerprint density at radius 2 is 1.70 bits per heavy atom. The third-order valence-corrected chi connectivity index (χ3v) is 5.56. The highest BCUT2D eigenvalue weighted by Gasteiger charge is 2.30. The number of phenols is 1. The second kappa shape index (κ2) is 11.1. The summed E-state index contributed by atoms with van der Waals surface area (Å²) in [5, 5.41) is 15.6. The van der Waals surface area contributed by atoms with E-state index in [0.717, 1.165) is 21.9 Å². The van der Waals surface area contributed by atoms with Crippen molar-refractivity contribution in [3.63, 3.8) is 0 Å². The molecule has 0 saturated carbocycles. The molecule has 6 nitrogen and oxygen atoms in total. The molecule has 0 fully saturated rings. The average molecular weight is 508 g/mol. The van der Waals surface area contributed by atoms with E-state index in [-0.39, 0.29) is 24.7 Å². The molecule has 0 atom stereocenters. The number of benzene rings is 4. The number of rotatable bonds is 8. The lowest BCUT2D eigenvalue weighted by atomic mass is 10.0. The van der Waals surface area contributed by atoms with Crippen LogP contribution in [0.4, 0.5) is 13.2 Å². The third-order valence-electron chi connectivity index (χ3n) is 5.56. The number of carbonyl (C=O) groups is 1.